The van der Waals surface area contributed by atoms with E-state index in [1.54, 1.807) is 0 Å². The summed E-state index contributed by atoms with van der Waals surface area (Å²) in [5, 5.41) is 8.69. The first-order chi connectivity index (χ1) is 11.2. The van der Waals surface area contributed by atoms with Gasteiger partial charge in [-0.1, -0.05) is 0 Å². The van der Waals surface area contributed by atoms with E-state index in [1.165, 1.54) is 4.31 Å². The third-order valence-electron chi connectivity index (χ3n) is 4.17. The van der Waals surface area contributed by atoms with Crippen LogP contribution in [-0.2, 0) is 20.4 Å². The molecule has 0 aromatic carbocycles. The number of alkyl halides is 3. The molecule has 2 aliphatic rings. The Kier molecular flexibility index (Phi) is 5.94. The number of nitrogens with zero attached hydrogens (tertiary/aromatic N) is 2. The van der Waals surface area contributed by atoms with Gasteiger partial charge in [0.15, 0.2) is 0 Å². The van der Waals surface area contributed by atoms with Gasteiger partial charge in [0, 0.05) is 26.2 Å². The van der Waals surface area contributed by atoms with E-state index in [1.807, 2.05) is 0 Å². The van der Waals surface area contributed by atoms with Gasteiger partial charge in [-0.3, -0.25) is 0 Å². The minimum absolute atomic E-state index is 0.0817. The van der Waals surface area contributed by atoms with Crippen LogP contribution in [0.3, 0.4) is 0 Å². The van der Waals surface area contributed by atoms with Gasteiger partial charge in [0.2, 0.25) is 17.0 Å². The first-order valence-electron chi connectivity index (χ1n) is 7.33. The molecular weight excluding hydrogens is 357 g/mol. The molecule has 12 heteroatoms. The van der Waals surface area contributed by atoms with Gasteiger partial charge in [-0.05, 0) is 12.8 Å². The van der Waals surface area contributed by atoms with E-state index in [4.69, 9.17) is 9.84 Å². The van der Waals surface area contributed by atoms with Gasteiger partial charge >= 0.3 is 12.3 Å². The molecule has 2 saturated heterocycles. The molecule has 1 atom stereocenters. The zero-order valence-corrected chi connectivity index (χ0v) is 13.6. The minimum atomic E-state index is -4.84. The lowest BCUT2D eigenvalue weighted by molar-refractivity contribution is -0.215. The molecule has 24 heavy (non-hydrogen) atoms. The fourth-order valence-electron chi connectivity index (χ4n) is 2.77. The number of hydrogen-bond acceptors (Lipinski definition) is 6. The zero-order valence-electron chi connectivity index (χ0n) is 12.7. The predicted octanol–water partition coefficient (Wildman–Crippen LogP) is -0.261. The molecule has 0 aliphatic carbocycles. The quantitative estimate of drug-likeness (QED) is 0.659. The Hall–Kier alpha value is -1.11. The van der Waals surface area contributed by atoms with Crippen LogP contribution in [-0.4, -0.2) is 86.1 Å². The highest BCUT2D eigenvalue weighted by Gasteiger charge is 2.45. The van der Waals surface area contributed by atoms with E-state index in [0.717, 1.165) is 4.90 Å². The number of carbonyl (C=O) groups is 1. The van der Waals surface area contributed by atoms with E-state index in [0.29, 0.717) is 0 Å². The normalized spacial score (nSPS) is 23.5. The van der Waals surface area contributed by atoms with Gasteiger partial charge in [-0.15, -0.1) is 0 Å². The minimum Gasteiger partial charge on any atom is -0.434 e. The average Bonchev–Trinajstić information content (AvgIpc) is 2.52. The Bertz CT molecular complexity index is 525. The summed E-state index contributed by atoms with van der Waals surface area (Å²) in [6.07, 6.45) is -7.99. The van der Waals surface area contributed by atoms with Crippen molar-refractivity contribution in [2.75, 3.05) is 39.4 Å². The molecule has 0 bridgehead atoms. The van der Waals surface area contributed by atoms with Crippen molar-refractivity contribution < 1.29 is 41.0 Å². The average molecular weight is 376 g/mol. The van der Waals surface area contributed by atoms with E-state index in [2.05, 4.69) is 4.74 Å². The van der Waals surface area contributed by atoms with Crippen LogP contribution in [0.1, 0.15) is 12.8 Å². The van der Waals surface area contributed by atoms with Crippen LogP contribution in [0.4, 0.5) is 18.0 Å². The number of carbonyl (C=O) groups excluding carboxylic acids is 1. The predicted molar refractivity (Wildman–Crippen MR) is 74.8 cm³/mol. The second-order valence-corrected chi connectivity index (χ2v) is 6.78. The number of morpholine rings is 1. The molecular formula is C12H19F3N2O6S. The fraction of sp³-hybridized carbons (Fsp3) is 0.917. The lowest BCUT2D eigenvalue weighted by atomic mass is 9.90. The van der Waals surface area contributed by atoms with Crippen molar-refractivity contribution in [2.24, 2.45) is 0 Å². The number of aliphatic hydroxyl groups is 1. The molecule has 2 heterocycles. The molecule has 2 fully saturated rings. The van der Waals surface area contributed by atoms with Crippen molar-refractivity contribution in [3.63, 3.8) is 0 Å². The van der Waals surface area contributed by atoms with Crippen molar-refractivity contribution >= 4 is 17.0 Å². The molecule has 0 radical (unpaired) electrons. The zero-order chi connectivity index (χ0) is 18.0. The highest BCUT2D eigenvalue weighted by atomic mass is 32.2. The maximum Gasteiger partial charge on any atom is 0.427 e. The number of ether oxygens (including phenoxy) is 2. The largest absolute Gasteiger partial charge is 0.434 e. The first-order valence-corrected chi connectivity index (χ1v) is 8.46. The van der Waals surface area contributed by atoms with E-state index < -0.39 is 41.5 Å². The standard InChI is InChI=1S/C12H19F3N2O6S/c13-12(14,15)9(7-18)23-10(19)16-3-1-11(2-4-16)8-17(24(20)21)5-6-22-11/h9,18,24H,1-8H2/t9-/m1/s1. The van der Waals surface area contributed by atoms with Crippen LogP contribution in [0.5, 0.6) is 0 Å². The molecule has 2 aliphatic heterocycles. The van der Waals surface area contributed by atoms with Crippen LogP contribution < -0.4 is 0 Å². The summed E-state index contributed by atoms with van der Waals surface area (Å²) in [4.78, 5) is 12.9. The van der Waals surface area contributed by atoms with Gasteiger partial charge in [0.05, 0.1) is 18.8 Å². The fourth-order valence-corrected chi connectivity index (χ4v) is 3.39. The number of amides is 1. The molecule has 1 amide bonds. The second-order valence-electron chi connectivity index (χ2n) is 5.74. The van der Waals surface area contributed by atoms with Gasteiger partial charge < -0.3 is 19.5 Å². The number of aliphatic hydroxyl groups excluding tert-OH is 1. The van der Waals surface area contributed by atoms with Crippen LogP contribution in [0, 0.1) is 0 Å². The topological polar surface area (TPSA) is 96.4 Å². The van der Waals surface area contributed by atoms with Crippen LogP contribution in [0.15, 0.2) is 0 Å². The van der Waals surface area contributed by atoms with Crippen LogP contribution in [0.25, 0.3) is 0 Å². The monoisotopic (exact) mass is 376 g/mol. The van der Waals surface area contributed by atoms with Crippen molar-refractivity contribution in [1.82, 2.24) is 9.21 Å². The molecule has 1 N–H and O–H groups in total. The Labute approximate surface area is 138 Å². The molecule has 2 rings (SSSR count). The maximum absolute atomic E-state index is 12.5. The molecule has 0 saturated carbocycles. The summed E-state index contributed by atoms with van der Waals surface area (Å²) >= 11 is 0. The number of piperidine rings is 1. The summed E-state index contributed by atoms with van der Waals surface area (Å²) < 4.78 is 71.0. The summed E-state index contributed by atoms with van der Waals surface area (Å²) in [6, 6.07) is 0. The maximum atomic E-state index is 12.5. The van der Waals surface area contributed by atoms with Crippen molar-refractivity contribution in [1.29, 1.82) is 0 Å². The molecule has 140 valence electrons. The Balaban J connectivity index is 1.91. The lowest BCUT2D eigenvalue weighted by Gasteiger charge is -2.45. The van der Waals surface area contributed by atoms with E-state index in [9.17, 15) is 26.4 Å². The highest BCUT2D eigenvalue weighted by molar-refractivity contribution is 7.69. The smallest absolute Gasteiger partial charge is 0.427 e. The van der Waals surface area contributed by atoms with Crippen LogP contribution >= 0.6 is 0 Å². The molecule has 8 nitrogen and oxygen atoms in total. The van der Waals surface area contributed by atoms with Crippen molar-refractivity contribution in [3.8, 4) is 0 Å². The third-order valence-corrected chi connectivity index (χ3v) is 4.97. The SMILES string of the molecule is O=C(O[C@H](CO)C(F)(F)F)N1CCC2(CC1)CN([SH](=O)=O)CCO2. The van der Waals surface area contributed by atoms with Gasteiger partial charge in [-0.2, -0.15) is 17.5 Å². The Morgan fingerprint density at radius 2 is 1.92 bits per heavy atom. The number of likely N-dealkylation sites (tertiary alicyclic amines) is 1. The summed E-state index contributed by atoms with van der Waals surface area (Å²) in [6.45, 7) is -0.529. The first kappa shape index (κ1) is 19.2. The van der Waals surface area contributed by atoms with Gasteiger partial charge in [-0.25, -0.2) is 13.2 Å². The Morgan fingerprint density at radius 3 is 2.42 bits per heavy atom. The summed E-state index contributed by atoms with van der Waals surface area (Å²) in [7, 11) is -2.72. The van der Waals surface area contributed by atoms with E-state index in [-0.39, 0.29) is 45.6 Å². The molecule has 0 aromatic rings. The number of hydrogen-bond donors (Lipinski definition) is 2. The number of halogens is 3. The molecule has 1 spiro atoms. The van der Waals surface area contributed by atoms with E-state index >= 15 is 0 Å². The summed E-state index contributed by atoms with van der Waals surface area (Å²) in [5.41, 5.74) is -0.731. The van der Waals surface area contributed by atoms with Crippen molar-refractivity contribution in [2.45, 2.75) is 30.7 Å². The number of rotatable bonds is 3. The summed E-state index contributed by atoms with van der Waals surface area (Å²) in [5.74, 6) is 0. The van der Waals surface area contributed by atoms with Gasteiger partial charge in [0.1, 0.15) is 0 Å². The molecule has 0 unspecified atom stereocenters. The van der Waals surface area contributed by atoms with Crippen LogP contribution in [0.2, 0.25) is 0 Å². The second kappa shape index (κ2) is 7.42. The highest BCUT2D eigenvalue weighted by Crippen LogP contribution is 2.31. The Morgan fingerprint density at radius 1 is 1.29 bits per heavy atom. The third kappa shape index (κ3) is 4.49. The van der Waals surface area contributed by atoms with Gasteiger partial charge in [0.25, 0.3) is 0 Å². The molecule has 0 aromatic heterocycles. The van der Waals surface area contributed by atoms with Crippen molar-refractivity contribution in [3.05, 3.63) is 0 Å². The lowest BCUT2D eigenvalue weighted by Crippen LogP contribution is -2.57. The number of thiol groups is 1.